The molecule has 2 aromatic carbocycles. The highest BCUT2D eigenvalue weighted by atomic mass is 16.5. The van der Waals surface area contributed by atoms with Crippen LogP contribution in [0.15, 0.2) is 42.6 Å². The van der Waals surface area contributed by atoms with Crippen molar-refractivity contribution >= 4 is 28.1 Å². The van der Waals surface area contributed by atoms with E-state index in [4.69, 9.17) is 14.9 Å². The van der Waals surface area contributed by atoms with Crippen molar-refractivity contribution in [2.45, 2.75) is 13.3 Å². The van der Waals surface area contributed by atoms with E-state index in [1.165, 1.54) is 0 Å². The zero-order valence-corrected chi connectivity index (χ0v) is 16.3. The SMILES string of the molecule is COc1cc(OC)cc(N(CCCO)c2ccc3ncc(C(C)=N)nc3c2)c1. The lowest BCUT2D eigenvalue weighted by atomic mass is 10.2. The third-order valence-corrected chi connectivity index (χ3v) is 4.41. The van der Waals surface area contributed by atoms with Gasteiger partial charge in [-0.25, -0.2) is 4.98 Å². The summed E-state index contributed by atoms with van der Waals surface area (Å²) in [6, 6.07) is 11.5. The van der Waals surface area contributed by atoms with Gasteiger partial charge in [-0.1, -0.05) is 0 Å². The molecule has 0 aliphatic carbocycles. The zero-order chi connectivity index (χ0) is 20.1. The average Bonchev–Trinajstić information content (AvgIpc) is 2.73. The van der Waals surface area contributed by atoms with Crippen molar-refractivity contribution in [2.75, 3.05) is 32.3 Å². The molecule has 0 saturated carbocycles. The largest absolute Gasteiger partial charge is 0.497 e. The lowest BCUT2D eigenvalue weighted by molar-refractivity contribution is 0.291. The molecule has 0 spiro atoms. The highest BCUT2D eigenvalue weighted by Gasteiger charge is 2.14. The Kier molecular flexibility index (Phi) is 6.06. The Bertz CT molecular complexity index is 968. The second kappa shape index (κ2) is 8.67. The summed E-state index contributed by atoms with van der Waals surface area (Å²) in [5.74, 6) is 1.37. The van der Waals surface area contributed by atoms with Crippen LogP contribution in [0.1, 0.15) is 19.0 Å². The number of aliphatic hydroxyl groups is 1. The first kappa shape index (κ1) is 19.6. The van der Waals surface area contributed by atoms with Crippen molar-refractivity contribution in [3.63, 3.8) is 0 Å². The van der Waals surface area contributed by atoms with Gasteiger partial charge in [-0.15, -0.1) is 0 Å². The van der Waals surface area contributed by atoms with E-state index in [2.05, 4.69) is 14.9 Å². The summed E-state index contributed by atoms with van der Waals surface area (Å²) in [6.07, 6.45) is 2.21. The van der Waals surface area contributed by atoms with E-state index in [9.17, 15) is 5.11 Å². The average molecular weight is 380 g/mol. The Balaban J connectivity index is 2.10. The van der Waals surface area contributed by atoms with Crippen LogP contribution in [0.25, 0.3) is 11.0 Å². The maximum Gasteiger partial charge on any atom is 0.124 e. The molecule has 28 heavy (non-hydrogen) atoms. The minimum atomic E-state index is 0.0855. The summed E-state index contributed by atoms with van der Waals surface area (Å²) in [4.78, 5) is 11.0. The molecule has 3 aromatic rings. The van der Waals surface area contributed by atoms with Crippen LogP contribution in [0, 0.1) is 5.41 Å². The van der Waals surface area contributed by atoms with Crippen molar-refractivity contribution in [1.82, 2.24) is 9.97 Å². The first-order valence-electron chi connectivity index (χ1n) is 8.99. The lowest BCUT2D eigenvalue weighted by Crippen LogP contribution is -2.19. The number of hydrogen-bond donors (Lipinski definition) is 2. The maximum atomic E-state index is 9.36. The van der Waals surface area contributed by atoms with Crippen LogP contribution in [-0.2, 0) is 0 Å². The van der Waals surface area contributed by atoms with E-state index in [-0.39, 0.29) is 6.61 Å². The van der Waals surface area contributed by atoms with E-state index in [0.717, 1.165) is 16.9 Å². The molecular weight excluding hydrogens is 356 g/mol. The van der Waals surface area contributed by atoms with Crippen LogP contribution in [0.3, 0.4) is 0 Å². The number of anilines is 2. The number of aliphatic hydroxyl groups excluding tert-OH is 1. The molecule has 0 unspecified atom stereocenters. The molecule has 1 heterocycles. The molecule has 0 bridgehead atoms. The number of methoxy groups -OCH3 is 2. The number of ether oxygens (including phenoxy) is 2. The quantitative estimate of drug-likeness (QED) is 0.581. The van der Waals surface area contributed by atoms with Gasteiger partial charge in [0.05, 0.1) is 37.2 Å². The van der Waals surface area contributed by atoms with Crippen LogP contribution < -0.4 is 14.4 Å². The molecule has 7 nitrogen and oxygen atoms in total. The topological polar surface area (TPSA) is 91.6 Å². The van der Waals surface area contributed by atoms with E-state index >= 15 is 0 Å². The van der Waals surface area contributed by atoms with Gasteiger partial charge in [0.1, 0.15) is 17.2 Å². The Labute approximate surface area is 164 Å². The Hall–Kier alpha value is -3.19. The standard InChI is InChI=1S/C21H24N4O3/c1-14(22)21-13-23-19-6-5-15(11-20(19)24-21)25(7-4-8-26)16-9-17(27-2)12-18(10-16)28-3/h5-6,9-13,22,26H,4,7-8H2,1-3H3. The smallest absolute Gasteiger partial charge is 0.124 e. The molecule has 0 fully saturated rings. The molecule has 1 aromatic heterocycles. The van der Waals surface area contributed by atoms with Gasteiger partial charge in [0.2, 0.25) is 0 Å². The molecule has 7 heteroatoms. The molecular formula is C21H24N4O3. The maximum absolute atomic E-state index is 9.36. The Morgan fingerprint density at radius 1 is 1.04 bits per heavy atom. The molecule has 0 aliphatic rings. The molecule has 0 atom stereocenters. The molecule has 0 saturated heterocycles. The van der Waals surface area contributed by atoms with Crippen molar-refractivity contribution in [3.05, 3.63) is 48.3 Å². The summed E-state index contributed by atoms with van der Waals surface area (Å²) < 4.78 is 10.8. The van der Waals surface area contributed by atoms with Crippen molar-refractivity contribution < 1.29 is 14.6 Å². The van der Waals surface area contributed by atoms with Gasteiger partial charge >= 0.3 is 0 Å². The monoisotopic (exact) mass is 380 g/mol. The van der Waals surface area contributed by atoms with E-state index in [1.807, 2.05) is 36.4 Å². The predicted octanol–water partition coefficient (Wildman–Crippen LogP) is 3.56. The number of nitrogens with one attached hydrogen (secondary N) is 1. The lowest BCUT2D eigenvalue weighted by Gasteiger charge is -2.26. The van der Waals surface area contributed by atoms with Crippen LogP contribution >= 0.6 is 0 Å². The van der Waals surface area contributed by atoms with E-state index in [1.54, 1.807) is 27.3 Å². The molecule has 0 aliphatic heterocycles. The first-order valence-corrected chi connectivity index (χ1v) is 8.99. The van der Waals surface area contributed by atoms with E-state index in [0.29, 0.717) is 41.4 Å². The number of fused-ring (bicyclic) bond motifs is 1. The molecule has 146 valence electrons. The summed E-state index contributed by atoms with van der Waals surface area (Å²) in [7, 11) is 3.23. The van der Waals surface area contributed by atoms with Crippen LogP contribution in [0.4, 0.5) is 11.4 Å². The third kappa shape index (κ3) is 4.20. The fourth-order valence-corrected chi connectivity index (χ4v) is 2.93. The number of nitrogens with zero attached hydrogens (tertiary/aromatic N) is 3. The van der Waals surface area contributed by atoms with Gasteiger partial charge in [0.25, 0.3) is 0 Å². The van der Waals surface area contributed by atoms with Gasteiger partial charge in [-0.05, 0) is 31.5 Å². The van der Waals surface area contributed by atoms with Gasteiger partial charge in [-0.3, -0.25) is 4.98 Å². The van der Waals surface area contributed by atoms with E-state index < -0.39 is 0 Å². The minimum Gasteiger partial charge on any atom is -0.497 e. The summed E-state index contributed by atoms with van der Waals surface area (Å²) in [5, 5.41) is 17.2. The Morgan fingerprint density at radius 3 is 2.36 bits per heavy atom. The first-order chi connectivity index (χ1) is 13.5. The second-order valence-corrected chi connectivity index (χ2v) is 6.35. The number of rotatable bonds is 8. The fourth-order valence-electron chi connectivity index (χ4n) is 2.93. The Morgan fingerprint density at radius 2 is 1.75 bits per heavy atom. The molecule has 0 radical (unpaired) electrons. The minimum absolute atomic E-state index is 0.0855. The van der Waals surface area contributed by atoms with Gasteiger partial charge < -0.3 is 24.9 Å². The molecule has 3 rings (SSSR count). The van der Waals surface area contributed by atoms with Gasteiger partial charge in [0, 0.05) is 42.7 Å². The van der Waals surface area contributed by atoms with Crippen LogP contribution in [0.2, 0.25) is 0 Å². The van der Waals surface area contributed by atoms with Gasteiger partial charge in [0.15, 0.2) is 0 Å². The fraction of sp³-hybridized carbons (Fsp3) is 0.286. The van der Waals surface area contributed by atoms with Crippen molar-refractivity contribution in [1.29, 1.82) is 5.41 Å². The molecule has 0 amide bonds. The number of benzene rings is 2. The highest BCUT2D eigenvalue weighted by Crippen LogP contribution is 2.34. The predicted molar refractivity (Wildman–Crippen MR) is 110 cm³/mol. The van der Waals surface area contributed by atoms with Crippen LogP contribution in [0.5, 0.6) is 11.5 Å². The highest BCUT2D eigenvalue weighted by molar-refractivity contribution is 5.95. The zero-order valence-electron chi connectivity index (χ0n) is 16.3. The third-order valence-electron chi connectivity index (χ3n) is 4.41. The number of aromatic nitrogens is 2. The second-order valence-electron chi connectivity index (χ2n) is 6.35. The molecule has 2 N–H and O–H groups in total. The van der Waals surface area contributed by atoms with Gasteiger partial charge in [-0.2, -0.15) is 0 Å². The summed E-state index contributed by atoms with van der Waals surface area (Å²) >= 11 is 0. The summed E-state index contributed by atoms with van der Waals surface area (Å²) in [5.41, 5.74) is 4.19. The summed E-state index contributed by atoms with van der Waals surface area (Å²) in [6.45, 7) is 2.38. The van der Waals surface area contributed by atoms with Crippen molar-refractivity contribution in [2.24, 2.45) is 0 Å². The normalized spacial score (nSPS) is 10.7. The number of hydrogen-bond acceptors (Lipinski definition) is 7. The van der Waals surface area contributed by atoms with Crippen molar-refractivity contribution in [3.8, 4) is 11.5 Å². The van der Waals surface area contributed by atoms with Crippen LogP contribution in [-0.4, -0.2) is 48.2 Å².